The summed E-state index contributed by atoms with van der Waals surface area (Å²) in [5, 5.41) is 0.612. The fraction of sp³-hybridized carbons (Fsp3) is 0.389. The summed E-state index contributed by atoms with van der Waals surface area (Å²) >= 11 is 1.45. The van der Waals surface area contributed by atoms with Crippen LogP contribution in [-0.4, -0.2) is 59.7 Å². The second kappa shape index (κ2) is 9.24. The number of nitrogen functional groups attached to an aromatic ring is 1. The van der Waals surface area contributed by atoms with E-state index in [1.807, 2.05) is 11.1 Å². The lowest BCUT2D eigenvalue weighted by molar-refractivity contribution is -0.137. The maximum Gasteiger partial charge on any atom is 0.416 e. The Morgan fingerprint density at radius 1 is 1.18 bits per heavy atom. The quantitative estimate of drug-likeness (QED) is 0.449. The first-order valence-electron chi connectivity index (χ1n) is 8.76. The number of piperazine rings is 1. The van der Waals surface area contributed by atoms with Crippen molar-refractivity contribution in [3.05, 3.63) is 42.1 Å². The average molecular weight is 410 g/mol. The van der Waals surface area contributed by atoms with Crippen LogP contribution in [0.4, 0.5) is 24.7 Å². The molecule has 2 N–H and O–H groups in total. The maximum atomic E-state index is 12.9. The molecule has 1 aromatic heterocycles. The van der Waals surface area contributed by atoms with Crippen LogP contribution in [0, 0.1) is 0 Å². The van der Waals surface area contributed by atoms with E-state index in [1.54, 1.807) is 18.3 Å². The molecule has 1 saturated heterocycles. The highest BCUT2D eigenvalue weighted by Crippen LogP contribution is 2.31. The normalized spacial score (nSPS) is 16.0. The van der Waals surface area contributed by atoms with E-state index in [9.17, 15) is 13.2 Å². The van der Waals surface area contributed by atoms with Crippen LogP contribution in [0.3, 0.4) is 0 Å². The van der Waals surface area contributed by atoms with Crippen molar-refractivity contribution >= 4 is 29.5 Å². The van der Waals surface area contributed by atoms with Crippen LogP contribution < -0.4 is 10.6 Å². The van der Waals surface area contributed by atoms with E-state index in [2.05, 4.69) is 19.9 Å². The summed E-state index contributed by atoms with van der Waals surface area (Å²) in [6.07, 6.45) is -0.886. The van der Waals surface area contributed by atoms with Crippen molar-refractivity contribution in [2.45, 2.75) is 11.3 Å². The van der Waals surface area contributed by atoms with Gasteiger partial charge in [0.05, 0.1) is 12.2 Å². The van der Waals surface area contributed by atoms with Gasteiger partial charge in [-0.05, 0) is 24.3 Å². The monoisotopic (exact) mass is 410 g/mol. The zero-order valence-corrected chi connectivity index (χ0v) is 16.0. The van der Waals surface area contributed by atoms with Crippen molar-refractivity contribution in [2.24, 2.45) is 4.99 Å². The van der Waals surface area contributed by atoms with E-state index in [4.69, 9.17) is 5.73 Å². The third-order valence-corrected chi connectivity index (χ3v) is 5.03. The summed E-state index contributed by atoms with van der Waals surface area (Å²) < 4.78 is 38.6. The van der Waals surface area contributed by atoms with Crippen LogP contribution in [0.5, 0.6) is 0 Å². The molecule has 0 saturated carbocycles. The number of halogens is 3. The summed E-state index contributed by atoms with van der Waals surface area (Å²) in [6.45, 7) is 3.40. The number of alkyl halides is 3. The van der Waals surface area contributed by atoms with Crippen molar-refractivity contribution in [2.75, 3.05) is 49.2 Å². The minimum absolute atomic E-state index is 0.438. The first-order valence-corrected chi connectivity index (χ1v) is 9.74. The Morgan fingerprint density at radius 2 is 1.96 bits per heavy atom. The third-order valence-electron chi connectivity index (χ3n) is 4.26. The number of nitrogens with two attached hydrogens (primary N) is 1. The Labute approximate surface area is 165 Å². The highest BCUT2D eigenvalue weighted by molar-refractivity contribution is 7.99. The molecule has 10 heteroatoms. The van der Waals surface area contributed by atoms with E-state index in [1.165, 1.54) is 23.9 Å². The number of anilines is 2. The molecule has 1 aromatic carbocycles. The largest absolute Gasteiger partial charge is 0.416 e. The van der Waals surface area contributed by atoms with Crippen LogP contribution in [0.1, 0.15) is 5.56 Å². The number of rotatable bonds is 6. The fourth-order valence-electron chi connectivity index (χ4n) is 2.79. The Hall–Kier alpha value is -2.33. The number of aromatic nitrogens is 2. The molecule has 3 rings (SSSR count). The van der Waals surface area contributed by atoms with Gasteiger partial charge in [-0.15, -0.1) is 0 Å². The van der Waals surface area contributed by atoms with Crippen molar-refractivity contribution in [3.63, 3.8) is 0 Å². The van der Waals surface area contributed by atoms with Gasteiger partial charge >= 0.3 is 6.18 Å². The Kier molecular flexibility index (Phi) is 6.74. The van der Waals surface area contributed by atoms with Crippen molar-refractivity contribution < 1.29 is 13.2 Å². The number of thioether (sulfide) groups is 1. The molecule has 0 atom stereocenters. The van der Waals surface area contributed by atoms with E-state index >= 15 is 0 Å². The molecule has 2 aromatic rings. The zero-order chi connectivity index (χ0) is 20.0. The van der Waals surface area contributed by atoms with E-state index in [-0.39, 0.29) is 0 Å². The molecular weight excluding hydrogens is 389 g/mol. The third kappa shape index (κ3) is 5.83. The van der Waals surface area contributed by atoms with Gasteiger partial charge in [0, 0.05) is 50.0 Å². The topological polar surface area (TPSA) is 70.6 Å². The molecule has 28 heavy (non-hydrogen) atoms. The van der Waals surface area contributed by atoms with Gasteiger partial charge in [0.25, 0.3) is 0 Å². The van der Waals surface area contributed by atoms with Gasteiger partial charge in [-0.25, -0.2) is 9.97 Å². The standard InChI is InChI=1S/C18H21F3N6S/c19-18(20,21)14-2-1-3-15(12-14)27-9-7-26(8-10-27)13-23-6-11-28-17-24-5-4-16(22)25-17/h1-6,12H,7-11,13H2,(H2,22,24,25)/b23-6+. The van der Waals surface area contributed by atoms with Crippen LogP contribution >= 0.6 is 11.8 Å². The van der Waals surface area contributed by atoms with Gasteiger partial charge in [0.1, 0.15) is 5.82 Å². The lowest BCUT2D eigenvalue weighted by Gasteiger charge is -2.35. The van der Waals surface area contributed by atoms with Gasteiger partial charge in [-0.1, -0.05) is 17.8 Å². The molecule has 0 unspecified atom stereocenters. The number of hydrogen-bond donors (Lipinski definition) is 1. The van der Waals surface area contributed by atoms with Crippen LogP contribution in [0.15, 0.2) is 46.7 Å². The van der Waals surface area contributed by atoms with Crippen molar-refractivity contribution in [1.29, 1.82) is 0 Å². The number of nitrogens with zero attached hydrogens (tertiary/aromatic N) is 5. The molecule has 1 aliphatic heterocycles. The molecule has 1 fully saturated rings. The average Bonchev–Trinajstić information content (AvgIpc) is 2.68. The molecule has 0 amide bonds. The molecule has 0 bridgehead atoms. The first kappa shape index (κ1) is 20.4. The zero-order valence-electron chi connectivity index (χ0n) is 15.1. The van der Waals surface area contributed by atoms with E-state index in [0.717, 1.165) is 19.2 Å². The van der Waals surface area contributed by atoms with Crippen LogP contribution in [0.25, 0.3) is 0 Å². The molecular formula is C18H21F3N6S. The SMILES string of the molecule is Nc1ccnc(SC/C=N/CN2CCN(c3cccc(C(F)(F)F)c3)CC2)n1. The van der Waals surface area contributed by atoms with E-state index in [0.29, 0.717) is 42.2 Å². The Morgan fingerprint density at radius 3 is 2.68 bits per heavy atom. The van der Waals surface area contributed by atoms with Crippen LogP contribution in [0.2, 0.25) is 0 Å². The van der Waals surface area contributed by atoms with Crippen molar-refractivity contribution in [3.8, 4) is 0 Å². The smallest absolute Gasteiger partial charge is 0.384 e. The minimum atomic E-state index is -4.32. The second-order valence-corrected chi connectivity index (χ2v) is 7.22. The fourth-order valence-corrected chi connectivity index (χ4v) is 3.42. The molecule has 1 aliphatic rings. The summed E-state index contributed by atoms with van der Waals surface area (Å²) in [5.41, 5.74) is 5.60. The van der Waals surface area contributed by atoms with Gasteiger partial charge in [-0.2, -0.15) is 13.2 Å². The summed E-state index contributed by atoms with van der Waals surface area (Å²) in [5.74, 6) is 1.08. The van der Waals surface area contributed by atoms with Gasteiger partial charge in [0.2, 0.25) is 0 Å². The Bertz CT molecular complexity index is 806. The van der Waals surface area contributed by atoms with Crippen LogP contribution in [-0.2, 0) is 6.18 Å². The van der Waals surface area contributed by atoms with Crippen molar-refractivity contribution in [1.82, 2.24) is 14.9 Å². The molecule has 0 spiro atoms. The molecule has 6 nitrogen and oxygen atoms in total. The highest BCUT2D eigenvalue weighted by Gasteiger charge is 2.31. The highest BCUT2D eigenvalue weighted by atomic mass is 32.2. The van der Waals surface area contributed by atoms with E-state index < -0.39 is 11.7 Å². The second-order valence-electron chi connectivity index (χ2n) is 6.23. The lowest BCUT2D eigenvalue weighted by Crippen LogP contribution is -2.46. The molecule has 2 heterocycles. The molecule has 150 valence electrons. The summed E-state index contributed by atoms with van der Waals surface area (Å²) in [7, 11) is 0. The first-order chi connectivity index (χ1) is 13.4. The summed E-state index contributed by atoms with van der Waals surface area (Å²) in [4.78, 5) is 16.8. The minimum Gasteiger partial charge on any atom is -0.384 e. The summed E-state index contributed by atoms with van der Waals surface area (Å²) in [6, 6.07) is 7.12. The van der Waals surface area contributed by atoms with Gasteiger partial charge in [0.15, 0.2) is 5.16 Å². The Balaban J connectivity index is 1.42. The predicted octanol–water partition coefficient (Wildman–Crippen LogP) is 3.02. The molecule has 0 aliphatic carbocycles. The lowest BCUT2D eigenvalue weighted by atomic mass is 10.1. The van der Waals surface area contributed by atoms with Gasteiger partial charge < -0.3 is 10.6 Å². The maximum absolute atomic E-state index is 12.9. The number of aliphatic imine (C=N–C) groups is 1. The number of hydrogen-bond acceptors (Lipinski definition) is 7. The van der Waals surface area contributed by atoms with Gasteiger partial charge in [-0.3, -0.25) is 9.89 Å². The predicted molar refractivity (Wildman–Crippen MR) is 106 cm³/mol. The number of benzene rings is 1. The molecule has 0 radical (unpaired) electrons.